The van der Waals surface area contributed by atoms with E-state index in [2.05, 4.69) is 20.6 Å². The molecule has 2 atom stereocenters. The second-order valence-electron chi connectivity index (χ2n) is 4.78. The summed E-state index contributed by atoms with van der Waals surface area (Å²) in [6, 6.07) is -0.411. The smallest absolute Gasteiger partial charge is 0.316 e. The minimum absolute atomic E-state index is 0.171. The second kappa shape index (κ2) is 5.84. The van der Waals surface area contributed by atoms with Gasteiger partial charge in [0.2, 0.25) is 5.91 Å². The molecule has 2 rings (SSSR count). The van der Waals surface area contributed by atoms with Gasteiger partial charge in [-0.2, -0.15) is 5.10 Å². The molecule has 1 saturated carbocycles. The third-order valence-corrected chi connectivity index (χ3v) is 3.52. The maximum atomic E-state index is 12.1. The van der Waals surface area contributed by atoms with Crippen molar-refractivity contribution in [3.05, 3.63) is 0 Å². The number of esters is 1. The molecule has 1 aliphatic heterocycles. The molecule has 100 valence electrons. The molecular formula is C12H19N3O3. The number of hydrazone groups is 1. The van der Waals surface area contributed by atoms with Gasteiger partial charge in [0.15, 0.2) is 0 Å². The topological polar surface area (TPSA) is 79.8 Å². The van der Waals surface area contributed by atoms with E-state index in [1.807, 2.05) is 0 Å². The summed E-state index contributed by atoms with van der Waals surface area (Å²) in [5.41, 5.74) is 2.67. The lowest BCUT2D eigenvalue weighted by atomic mass is 9.94. The van der Waals surface area contributed by atoms with Gasteiger partial charge >= 0.3 is 5.97 Å². The first-order valence-electron chi connectivity index (χ1n) is 6.39. The number of rotatable bonds is 3. The summed E-state index contributed by atoms with van der Waals surface area (Å²) >= 11 is 0. The summed E-state index contributed by atoms with van der Waals surface area (Å²) in [5, 5.41) is 6.77. The van der Waals surface area contributed by atoms with E-state index in [4.69, 9.17) is 0 Å². The normalized spacial score (nSPS) is 27.6. The van der Waals surface area contributed by atoms with Gasteiger partial charge in [-0.25, -0.2) is 0 Å². The Balaban J connectivity index is 1.90. The van der Waals surface area contributed by atoms with Gasteiger partial charge in [-0.05, 0) is 12.8 Å². The molecule has 0 aromatic heterocycles. The maximum Gasteiger partial charge on any atom is 0.316 e. The number of carbonyl (C=O) groups excluding carboxylic acids is 2. The van der Waals surface area contributed by atoms with Crippen molar-refractivity contribution >= 4 is 18.1 Å². The highest BCUT2D eigenvalue weighted by atomic mass is 16.5. The zero-order valence-electron chi connectivity index (χ0n) is 10.5. The summed E-state index contributed by atoms with van der Waals surface area (Å²) in [5.74, 6) is -1.24. The molecule has 1 amide bonds. The SMILES string of the molecule is COC(=O)[C@H]1C=NN[C@@H]1C(=O)NC1CCCCC1. The average Bonchev–Trinajstić information content (AvgIpc) is 2.88. The van der Waals surface area contributed by atoms with Crippen molar-refractivity contribution in [2.24, 2.45) is 11.0 Å². The van der Waals surface area contributed by atoms with E-state index in [1.165, 1.54) is 19.7 Å². The van der Waals surface area contributed by atoms with Crippen LogP contribution in [0.3, 0.4) is 0 Å². The lowest BCUT2D eigenvalue weighted by molar-refractivity contribution is -0.145. The van der Waals surface area contributed by atoms with Gasteiger partial charge in [0, 0.05) is 12.3 Å². The van der Waals surface area contributed by atoms with Gasteiger partial charge in [0.05, 0.1) is 7.11 Å². The van der Waals surface area contributed by atoms with Crippen LogP contribution in [0.15, 0.2) is 5.10 Å². The Kier molecular flexibility index (Phi) is 4.17. The molecule has 6 heteroatoms. The van der Waals surface area contributed by atoms with Gasteiger partial charge in [-0.1, -0.05) is 19.3 Å². The van der Waals surface area contributed by atoms with E-state index in [1.54, 1.807) is 0 Å². The lowest BCUT2D eigenvalue weighted by Gasteiger charge is -2.25. The fraction of sp³-hybridized carbons (Fsp3) is 0.750. The molecule has 1 heterocycles. The zero-order valence-corrected chi connectivity index (χ0v) is 10.5. The molecule has 1 aliphatic carbocycles. The first kappa shape index (κ1) is 12.9. The highest BCUT2D eigenvalue weighted by Gasteiger charge is 2.37. The summed E-state index contributed by atoms with van der Waals surface area (Å²) < 4.78 is 4.65. The fourth-order valence-electron chi connectivity index (χ4n) is 2.46. The molecule has 0 saturated heterocycles. The van der Waals surface area contributed by atoms with E-state index in [0.29, 0.717) is 0 Å². The molecule has 18 heavy (non-hydrogen) atoms. The Morgan fingerprint density at radius 3 is 2.72 bits per heavy atom. The van der Waals surface area contributed by atoms with Gasteiger partial charge in [-0.15, -0.1) is 0 Å². The summed E-state index contributed by atoms with van der Waals surface area (Å²) in [6.07, 6.45) is 7.00. The predicted molar refractivity (Wildman–Crippen MR) is 65.9 cm³/mol. The molecule has 1 fully saturated rings. The van der Waals surface area contributed by atoms with E-state index in [9.17, 15) is 9.59 Å². The maximum absolute atomic E-state index is 12.1. The molecule has 6 nitrogen and oxygen atoms in total. The third-order valence-electron chi connectivity index (χ3n) is 3.52. The first-order valence-corrected chi connectivity index (χ1v) is 6.39. The van der Waals surface area contributed by atoms with Crippen LogP contribution in [-0.4, -0.2) is 37.3 Å². The van der Waals surface area contributed by atoms with Crippen LogP contribution in [0.4, 0.5) is 0 Å². The Morgan fingerprint density at radius 1 is 1.33 bits per heavy atom. The Bertz CT molecular complexity index is 350. The van der Waals surface area contributed by atoms with Crippen LogP contribution in [0.5, 0.6) is 0 Å². The number of hydrogen-bond acceptors (Lipinski definition) is 5. The zero-order chi connectivity index (χ0) is 13.0. The van der Waals surface area contributed by atoms with Gasteiger partial charge in [0.1, 0.15) is 12.0 Å². The number of amides is 1. The van der Waals surface area contributed by atoms with E-state index >= 15 is 0 Å². The average molecular weight is 253 g/mol. The second-order valence-corrected chi connectivity index (χ2v) is 4.78. The van der Waals surface area contributed by atoms with Crippen molar-refractivity contribution in [3.8, 4) is 0 Å². The van der Waals surface area contributed by atoms with Crippen LogP contribution in [0.1, 0.15) is 32.1 Å². The first-order chi connectivity index (χ1) is 8.72. The number of methoxy groups -OCH3 is 1. The minimum Gasteiger partial charge on any atom is -0.468 e. The minimum atomic E-state index is -0.639. The van der Waals surface area contributed by atoms with Crippen molar-refractivity contribution in [1.29, 1.82) is 0 Å². The van der Waals surface area contributed by atoms with Crippen LogP contribution >= 0.6 is 0 Å². The molecule has 2 N–H and O–H groups in total. The van der Waals surface area contributed by atoms with Crippen molar-refractivity contribution in [2.45, 2.75) is 44.2 Å². The number of nitrogens with one attached hydrogen (secondary N) is 2. The van der Waals surface area contributed by atoms with Gasteiger partial charge in [-0.3, -0.25) is 15.0 Å². The van der Waals surface area contributed by atoms with Crippen molar-refractivity contribution in [2.75, 3.05) is 7.11 Å². The van der Waals surface area contributed by atoms with Crippen LogP contribution in [0.2, 0.25) is 0 Å². The Morgan fingerprint density at radius 2 is 2.06 bits per heavy atom. The molecule has 0 radical (unpaired) electrons. The Labute approximate surface area is 106 Å². The molecule has 0 aromatic rings. The quantitative estimate of drug-likeness (QED) is 0.703. The van der Waals surface area contributed by atoms with Crippen LogP contribution in [0, 0.1) is 5.92 Å². The van der Waals surface area contributed by atoms with Gasteiger partial charge < -0.3 is 10.1 Å². The number of carbonyl (C=O) groups is 2. The number of ether oxygens (including phenoxy) is 1. The van der Waals surface area contributed by atoms with Gasteiger partial charge in [0.25, 0.3) is 0 Å². The van der Waals surface area contributed by atoms with Crippen molar-refractivity contribution in [3.63, 3.8) is 0 Å². The molecule has 0 bridgehead atoms. The van der Waals surface area contributed by atoms with Crippen LogP contribution in [-0.2, 0) is 14.3 Å². The Hall–Kier alpha value is -1.59. The largest absolute Gasteiger partial charge is 0.468 e. The molecule has 2 aliphatic rings. The molecule has 0 aromatic carbocycles. The monoisotopic (exact) mass is 253 g/mol. The number of nitrogens with zero attached hydrogens (tertiary/aromatic N) is 1. The van der Waals surface area contributed by atoms with E-state index in [-0.39, 0.29) is 11.9 Å². The van der Waals surface area contributed by atoms with Crippen molar-refractivity contribution < 1.29 is 14.3 Å². The highest BCUT2D eigenvalue weighted by molar-refractivity contribution is 5.99. The molecule has 0 spiro atoms. The van der Waals surface area contributed by atoms with Crippen LogP contribution < -0.4 is 10.7 Å². The summed E-state index contributed by atoms with van der Waals surface area (Å²) in [6.45, 7) is 0. The molecule has 0 unspecified atom stereocenters. The number of hydrogen-bond donors (Lipinski definition) is 2. The predicted octanol–water partition coefficient (Wildman–Crippen LogP) is 0.182. The molecular weight excluding hydrogens is 234 g/mol. The highest BCUT2D eigenvalue weighted by Crippen LogP contribution is 2.18. The lowest BCUT2D eigenvalue weighted by Crippen LogP contribution is -2.50. The third kappa shape index (κ3) is 2.80. The summed E-state index contributed by atoms with van der Waals surface area (Å²) in [4.78, 5) is 23.6. The van der Waals surface area contributed by atoms with E-state index in [0.717, 1.165) is 25.7 Å². The van der Waals surface area contributed by atoms with Crippen molar-refractivity contribution in [1.82, 2.24) is 10.7 Å². The summed E-state index contributed by atoms with van der Waals surface area (Å²) in [7, 11) is 1.31. The standard InChI is InChI=1S/C12H19N3O3/c1-18-12(17)9-7-13-15-10(9)11(16)14-8-5-3-2-4-6-8/h7-10,15H,2-6H2,1H3,(H,14,16)/t9-,10-/m0/s1. The van der Waals surface area contributed by atoms with Crippen LogP contribution in [0.25, 0.3) is 0 Å². The van der Waals surface area contributed by atoms with E-state index < -0.39 is 17.9 Å². The fourth-order valence-corrected chi connectivity index (χ4v) is 2.46.